The number of nitrogens with one attached hydrogen (secondary N) is 2. The maximum Gasteiger partial charge on any atom is 0.412 e. The number of rotatable bonds is 6. The van der Waals surface area contributed by atoms with E-state index in [9.17, 15) is 4.79 Å². The first-order valence-electron chi connectivity index (χ1n) is 8.83. The SMILES string of the molecule is COc1ccc(NC(=O)O[C@@H]2CO[C@H]3[C@@H]2OC[C@@H]3NCc2ccco2)cc1. The van der Waals surface area contributed by atoms with Gasteiger partial charge in [0.25, 0.3) is 0 Å². The first-order chi connectivity index (χ1) is 13.2. The van der Waals surface area contributed by atoms with Gasteiger partial charge in [-0.05, 0) is 36.4 Å². The molecule has 1 amide bonds. The molecule has 4 atom stereocenters. The molecule has 27 heavy (non-hydrogen) atoms. The zero-order chi connectivity index (χ0) is 18.6. The smallest absolute Gasteiger partial charge is 0.412 e. The predicted octanol–water partition coefficient (Wildman–Crippen LogP) is 2.16. The van der Waals surface area contributed by atoms with Gasteiger partial charge in [0.05, 0.1) is 39.2 Å². The fraction of sp³-hybridized carbons (Fsp3) is 0.421. The third-order valence-electron chi connectivity index (χ3n) is 4.72. The minimum atomic E-state index is -0.537. The highest BCUT2D eigenvalue weighted by molar-refractivity contribution is 5.84. The van der Waals surface area contributed by atoms with Crippen LogP contribution >= 0.6 is 0 Å². The molecule has 1 aromatic carbocycles. The van der Waals surface area contributed by atoms with Crippen LogP contribution in [0.15, 0.2) is 47.1 Å². The lowest BCUT2D eigenvalue weighted by Crippen LogP contribution is -2.41. The minimum absolute atomic E-state index is 0.0262. The van der Waals surface area contributed by atoms with Gasteiger partial charge in [0.15, 0.2) is 6.10 Å². The number of fused-ring (bicyclic) bond motifs is 1. The van der Waals surface area contributed by atoms with Crippen LogP contribution in [0.1, 0.15) is 5.76 Å². The Morgan fingerprint density at radius 1 is 1.15 bits per heavy atom. The maximum absolute atomic E-state index is 12.2. The number of carbonyl (C=O) groups is 1. The highest BCUT2D eigenvalue weighted by Gasteiger charge is 2.49. The second kappa shape index (κ2) is 7.99. The van der Waals surface area contributed by atoms with Gasteiger partial charge in [-0.15, -0.1) is 0 Å². The Labute approximate surface area is 156 Å². The summed E-state index contributed by atoms with van der Waals surface area (Å²) in [5.74, 6) is 1.57. The van der Waals surface area contributed by atoms with E-state index < -0.39 is 12.2 Å². The lowest BCUT2D eigenvalue weighted by atomic mass is 10.1. The largest absolute Gasteiger partial charge is 0.497 e. The van der Waals surface area contributed by atoms with Crippen LogP contribution in [0, 0.1) is 0 Å². The molecular weight excluding hydrogens is 352 g/mol. The van der Waals surface area contributed by atoms with Gasteiger partial charge in [-0.2, -0.15) is 0 Å². The first-order valence-corrected chi connectivity index (χ1v) is 8.83. The van der Waals surface area contributed by atoms with Crippen LogP contribution in [-0.2, 0) is 20.8 Å². The molecule has 2 aliphatic rings. The quantitative estimate of drug-likeness (QED) is 0.801. The first kappa shape index (κ1) is 17.8. The second-order valence-corrected chi connectivity index (χ2v) is 6.46. The number of hydrogen-bond donors (Lipinski definition) is 2. The Balaban J connectivity index is 1.27. The Kier molecular flexibility index (Phi) is 5.28. The molecule has 2 N–H and O–H groups in total. The van der Waals surface area contributed by atoms with Gasteiger partial charge in [0.1, 0.15) is 23.7 Å². The standard InChI is InChI=1S/C19H22N2O6/c1-23-13-6-4-12(5-7-13)21-19(22)27-16-11-26-17-15(10-25-18(16)17)20-9-14-3-2-8-24-14/h2-8,15-18,20H,9-11H2,1H3,(H,21,22)/t15-,16+,17+,18+/m0/s1. The Bertz CT molecular complexity index is 748. The minimum Gasteiger partial charge on any atom is -0.497 e. The molecule has 2 aliphatic heterocycles. The third-order valence-corrected chi connectivity index (χ3v) is 4.72. The molecule has 2 fully saturated rings. The van der Waals surface area contributed by atoms with E-state index in [1.807, 2.05) is 12.1 Å². The molecule has 0 radical (unpaired) electrons. The van der Waals surface area contributed by atoms with Gasteiger partial charge in [0.2, 0.25) is 0 Å². The van der Waals surface area contributed by atoms with E-state index in [4.69, 9.17) is 23.4 Å². The number of methoxy groups -OCH3 is 1. The summed E-state index contributed by atoms with van der Waals surface area (Å²) in [5.41, 5.74) is 0.626. The van der Waals surface area contributed by atoms with E-state index >= 15 is 0 Å². The van der Waals surface area contributed by atoms with Crippen molar-refractivity contribution < 1.29 is 28.2 Å². The fourth-order valence-corrected chi connectivity index (χ4v) is 3.34. The summed E-state index contributed by atoms with van der Waals surface area (Å²) in [7, 11) is 1.59. The van der Waals surface area contributed by atoms with Gasteiger partial charge in [-0.3, -0.25) is 5.32 Å². The van der Waals surface area contributed by atoms with Crippen LogP contribution < -0.4 is 15.4 Å². The molecule has 0 aliphatic carbocycles. The molecule has 2 saturated heterocycles. The molecule has 0 spiro atoms. The van der Waals surface area contributed by atoms with Crippen molar-refractivity contribution in [2.45, 2.75) is 30.9 Å². The van der Waals surface area contributed by atoms with Gasteiger partial charge in [-0.25, -0.2) is 4.79 Å². The van der Waals surface area contributed by atoms with Crippen LogP contribution in [0.4, 0.5) is 10.5 Å². The summed E-state index contributed by atoms with van der Waals surface area (Å²) in [4.78, 5) is 12.2. The van der Waals surface area contributed by atoms with Crippen LogP contribution in [0.5, 0.6) is 5.75 Å². The average Bonchev–Trinajstić information content (AvgIpc) is 3.40. The molecule has 4 rings (SSSR count). The number of benzene rings is 1. The van der Waals surface area contributed by atoms with Crippen LogP contribution in [-0.4, -0.2) is 50.8 Å². The van der Waals surface area contributed by atoms with E-state index in [1.165, 1.54) is 0 Å². The predicted molar refractivity (Wildman–Crippen MR) is 95.7 cm³/mol. The highest BCUT2D eigenvalue weighted by Crippen LogP contribution is 2.29. The molecular formula is C19H22N2O6. The summed E-state index contributed by atoms with van der Waals surface area (Å²) in [6.07, 6.45) is 0.232. The van der Waals surface area contributed by atoms with Crippen molar-refractivity contribution in [3.63, 3.8) is 0 Å². The zero-order valence-electron chi connectivity index (χ0n) is 14.9. The topological polar surface area (TPSA) is 91.2 Å². The third kappa shape index (κ3) is 4.08. The van der Waals surface area contributed by atoms with Gasteiger partial charge in [-0.1, -0.05) is 0 Å². The number of ether oxygens (including phenoxy) is 4. The number of anilines is 1. The maximum atomic E-state index is 12.2. The van der Waals surface area contributed by atoms with Crippen molar-refractivity contribution in [2.75, 3.05) is 25.6 Å². The number of amides is 1. The van der Waals surface area contributed by atoms with Crippen LogP contribution in [0.25, 0.3) is 0 Å². The van der Waals surface area contributed by atoms with Gasteiger partial charge in [0, 0.05) is 5.69 Å². The van der Waals surface area contributed by atoms with Gasteiger partial charge < -0.3 is 28.7 Å². The van der Waals surface area contributed by atoms with E-state index in [0.29, 0.717) is 31.2 Å². The number of carbonyl (C=O) groups excluding carboxylic acids is 1. The summed E-state index contributed by atoms with van der Waals surface area (Å²) in [6.45, 7) is 1.40. The molecule has 0 bridgehead atoms. The summed E-state index contributed by atoms with van der Waals surface area (Å²) in [5, 5.41) is 6.07. The van der Waals surface area contributed by atoms with Crippen molar-refractivity contribution >= 4 is 11.8 Å². The Morgan fingerprint density at radius 2 is 1.96 bits per heavy atom. The van der Waals surface area contributed by atoms with E-state index in [2.05, 4.69) is 10.6 Å². The summed E-state index contributed by atoms with van der Waals surface area (Å²) < 4.78 is 27.5. The molecule has 8 nitrogen and oxygen atoms in total. The highest BCUT2D eigenvalue weighted by atomic mass is 16.6. The number of hydrogen-bond acceptors (Lipinski definition) is 7. The van der Waals surface area contributed by atoms with E-state index in [1.54, 1.807) is 37.6 Å². The summed E-state index contributed by atoms with van der Waals surface area (Å²) >= 11 is 0. The fourth-order valence-electron chi connectivity index (χ4n) is 3.34. The van der Waals surface area contributed by atoms with Crippen molar-refractivity contribution in [1.82, 2.24) is 5.32 Å². The average molecular weight is 374 g/mol. The summed E-state index contributed by atoms with van der Waals surface area (Å²) in [6, 6.07) is 10.8. The van der Waals surface area contributed by atoms with Crippen molar-refractivity contribution in [3.8, 4) is 5.75 Å². The van der Waals surface area contributed by atoms with Crippen LogP contribution in [0.2, 0.25) is 0 Å². The van der Waals surface area contributed by atoms with Gasteiger partial charge >= 0.3 is 6.09 Å². The van der Waals surface area contributed by atoms with Crippen molar-refractivity contribution in [1.29, 1.82) is 0 Å². The van der Waals surface area contributed by atoms with E-state index in [0.717, 1.165) is 5.76 Å². The van der Waals surface area contributed by atoms with E-state index in [-0.39, 0.29) is 18.2 Å². The lowest BCUT2D eigenvalue weighted by Gasteiger charge is -2.17. The Hall–Kier alpha value is -2.55. The molecule has 144 valence electrons. The molecule has 8 heteroatoms. The zero-order valence-corrected chi connectivity index (χ0v) is 14.9. The number of furan rings is 1. The molecule has 1 aromatic heterocycles. The molecule has 0 saturated carbocycles. The lowest BCUT2D eigenvalue weighted by molar-refractivity contribution is 0.00852. The Morgan fingerprint density at radius 3 is 2.70 bits per heavy atom. The molecule has 2 aromatic rings. The molecule has 0 unspecified atom stereocenters. The second-order valence-electron chi connectivity index (χ2n) is 6.46. The monoisotopic (exact) mass is 374 g/mol. The van der Waals surface area contributed by atoms with Crippen LogP contribution in [0.3, 0.4) is 0 Å². The molecule has 3 heterocycles. The van der Waals surface area contributed by atoms with Crippen molar-refractivity contribution in [2.24, 2.45) is 0 Å². The normalized spacial score (nSPS) is 26.6. The van der Waals surface area contributed by atoms with Crippen molar-refractivity contribution in [3.05, 3.63) is 48.4 Å².